The van der Waals surface area contributed by atoms with E-state index in [1.165, 1.54) is 16.8 Å². The summed E-state index contributed by atoms with van der Waals surface area (Å²) in [6.07, 6.45) is 2.53. The number of carbonyl (C=O) groups is 1. The summed E-state index contributed by atoms with van der Waals surface area (Å²) in [7, 11) is 1.88. The number of nitrogens with zero attached hydrogens (tertiary/aromatic N) is 3. The number of carboxylic acids is 1. The van der Waals surface area contributed by atoms with Crippen LogP contribution in [0.25, 0.3) is 0 Å². The number of thiazole rings is 1. The second-order valence-corrected chi connectivity index (χ2v) is 4.31. The lowest BCUT2D eigenvalue weighted by molar-refractivity contribution is 0.0692. The fourth-order valence-corrected chi connectivity index (χ4v) is 2.18. The van der Waals surface area contributed by atoms with E-state index in [-0.39, 0.29) is 5.69 Å². The maximum Gasteiger partial charge on any atom is 0.357 e. The predicted molar refractivity (Wildman–Crippen MR) is 64.5 cm³/mol. The molecule has 0 spiro atoms. The first-order chi connectivity index (χ1) is 8.18. The Balaban J connectivity index is 1.92. The number of aromatic carboxylic acids is 1. The molecule has 2 aromatic heterocycles. The largest absolute Gasteiger partial charge is 0.476 e. The van der Waals surface area contributed by atoms with Crippen LogP contribution in [0.15, 0.2) is 17.8 Å². The smallest absolute Gasteiger partial charge is 0.357 e. The van der Waals surface area contributed by atoms with Crippen LogP contribution in [-0.4, -0.2) is 32.4 Å². The van der Waals surface area contributed by atoms with Gasteiger partial charge in [-0.2, -0.15) is 5.10 Å². The molecule has 2 aromatic rings. The maximum absolute atomic E-state index is 10.8. The second-order valence-electron chi connectivity index (χ2n) is 3.46. The topological polar surface area (TPSA) is 80.0 Å². The first kappa shape index (κ1) is 11.6. The lowest BCUT2D eigenvalue weighted by Crippen LogP contribution is -2.10. The van der Waals surface area contributed by atoms with Crippen molar-refractivity contribution in [1.29, 1.82) is 0 Å². The molecule has 0 fully saturated rings. The molecule has 2 heterocycles. The van der Waals surface area contributed by atoms with Crippen molar-refractivity contribution < 1.29 is 9.90 Å². The van der Waals surface area contributed by atoms with Gasteiger partial charge in [0, 0.05) is 31.9 Å². The highest BCUT2D eigenvalue weighted by Gasteiger charge is 2.12. The fourth-order valence-electron chi connectivity index (χ4n) is 1.47. The number of aromatic nitrogens is 3. The van der Waals surface area contributed by atoms with Gasteiger partial charge in [-0.25, -0.2) is 9.78 Å². The summed E-state index contributed by atoms with van der Waals surface area (Å²) in [6.45, 7) is 0.655. The summed E-state index contributed by atoms with van der Waals surface area (Å²) in [4.78, 5) is 14.6. The third-order valence-corrected chi connectivity index (χ3v) is 3.14. The van der Waals surface area contributed by atoms with Gasteiger partial charge in [0.15, 0.2) is 5.69 Å². The molecule has 0 atom stereocenters. The quantitative estimate of drug-likeness (QED) is 0.836. The van der Waals surface area contributed by atoms with Crippen LogP contribution >= 0.6 is 11.3 Å². The Labute approximate surface area is 102 Å². The minimum atomic E-state index is -1.01. The van der Waals surface area contributed by atoms with Crippen molar-refractivity contribution in [3.8, 4) is 0 Å². The standard InChI is InChI=1S/C10H12N4O2S/c1-14-7(3-5-13-14)2-4-11-9-8(10(15)16)12-6-17-9/h3,5-6,11H,2,4H2,1H3,(H,15,16). The number of hydrogen-bond donors (Lipinski definition) is 2. The second kappa shape index (κ2) is 4.96. The van der Waals surface area contributed by atoms with Crippen LogP contribution in [-0.2, 0) is 13.5 Å². The van der Waals surface area contributed by atoms with Crippen LogP contribution in [0.2, 0.25) is 0 Å². The highest BCUT2D eigenvalue weighted by atomic mass is 32.1. The first-order valence-corrected chi connectivity index (χ1v) is 5.94. The zero-order valence-corrected chi connectivity index (χ0v) is 10.1. The van der Waals surface area contributed by atoms with Gasteiger partial charge in [-0.15, -0.1) is 11.3 Å². The summed E-state index contributed by atoms with van der Waals surface area (Å²) in [5.41, 5.74) is 2.70. The van der Waals surface area contributed by atoms with Gasteiger partial charge >= 0.3 is 5.97 Å². The van der Waals surface area contributed by atoms with E-state index in [9.17, 15) is 4.79 Å². The molecule has 17 heavy (non-hydrogen) atoms. The van der Waals surface area contributed by atoms with Gasteiger partial charge < -0.3 is 10.4 Å². The van der Waals surface area contributed by atoms with Crippen molar-refractivity contribution in [2.45, 2.75) is 6.42 Å². The monoisotopic (exact) mass is 252 g/mol. The molecule has 0 saturated carbocycles. The molecule has 90 valence electrons. The van der Waals surface area contributed by atoms with E-state index in [0.717, 1.165) is 12.1 Å². The highest BCUT2D eigenvalue weighted by Crippen LogP contribution is 2.19. The minimum absolute atomic E-state index is 0.0833. The van der Waals surface area contributed by atoms with Crippen molar-refractivity contribution in [3.05, 3.63) is 29.2 Å². The Morgan fingerprint density at radius 1 is 1.65 bits per heavy atom. The van der Waals surface area contributed by atoms with Crippen LogP contribution < -0.4 is 5.32 Å². The summed E-state index contributed by atoms with van der Waals surface area (Å²) in [6, 6.07) is 1.94. The van der Waals surface area contributed by atoms with Gasteiger partial charge in [-0.05, 0) is 6.07 Å². The van der Waals surface area contributed by atoms with Crippen molar-refractivity contribution in [1.82, 2.24) is 14.8 Å². The van der Waals surface area contributed by atoms with Crippen LogP contribution in [0.1, 0.15) is 16.2 Å². The molecule has 6 nitrogen and oxygen atoms in total. The van der Waals surface area contributed by atoms with Gasteiger partial charge in [0.25, 0.3) is 0 Å². The van der Waals surface area contributed by atoms with Gasteiger partial charge in [0.2, 0.25) is 0 Å². The van der Waals surface area contributed by atoms with Gasteiger partial charge in [-0.3, -0.25) is 4.68 Å². The fraction of sp³-hybridized carbons (Fsp3) is 0.300. The van der Waals surface area contributed by atoms with Crippen molar-refractivity contribution in [2.24, 2.45) is 7.05 Å². The number of rotatable bonds is 5. The van der Waals surface area contributed by atoms with Gasteiger partial charge in [0.1, 0.15) is 5.00 Å². The number of anilines is 1. The van der Waals surface area contributed by atoms with E-state index in [0.29, 0.717) is 11.5 Å². The van der Waals surface area contributed by atoms with Crippen LogP contribution in [0.3, 0.4) is 0 Å². The Kier molecular flexibility index (Phi) is 3.38. The predicted octanol–water partition coefficient (Wildman–Crippen LogP) is 1.23. The molecule has 0 radical (unpaired) electrons. The molecule has 0 saturated heterocycles. The molecule has 0 unspecified atom stereocenters. The molecule has 0 aliphatic heterocycles. The average molecular weight is 252 g/mol. The zero-order valence-electron chi connectivity index (χ0n) is 9.25. The van der Waals surface area contributed by atoms with Crippen molar-refractivity contribution in [3.63, 3.8) is 0 Å². The van der Waals surface area contributed by atoms with Gasteiger partial charge in [0.05, 0.1) is 5.51 Å². The molecule has 0 aromatic carbocycles. The number of hydrogen-bond acceptors (Lipinski definition) is 5. The molecule has 0 aliphatic rings. The molecule has 0 aliphatic carbocycles. The van der Waals surface area contributed by atoms with E-state index < -0.39 is 5.97 Å². The average Bonchev–Trinajstić information content (AvgIpc) is 2.88. The van der Waals surface area contributed by atoms with Crippen LogP contribution in [0.5, 0.6) is 0 Å². The van der Waals surface area contributed by atoms with E-state index in [1.54, 1.807) is 10.9 Å². The first-order valence-electron chi connectivity index (χ1n) is 5.06. The van der Waals surface area contributed by atoms with E-state index in [1.807, 2.05) is 13.1 Å². The van der Waals surface area contributed by atoms with Crippen LogP contribution in [0, 0.1) is 0 Å². The molecule has 2 rings (SSSR count). The molecular weight excluding hydrogens is 240 g/mol. The Morgan fingerprint density at radius 2 is 2.47 bits per heavy atom. The molecule has 2 N–H and O–H groups in total. The SMILES string of the molecule is Cn1nccc1CCNc1scnc1C(=O)O. The maximum atomic E-state index is 10.8. The summed E-state index contributed by atoms with van der Waals surface area (Å²) < 4.78 is 1.80. The summed E-state index contributed by atoms with van der Waals surface area (Å²) in [5, 5.41) is 16.6. The van der Waals surface area contributed by atoms with Crippen molar-refractivity contribution in [2.75, 3.05) is 11.9 Å². The molecule has 0 bridgehead atoms. The summed E-state index contributed by atoms with van der Waals surface area (Å²) >= 11 is 1.29. The normalized spacial score (nSPS) is 10.4. The minimum Gasteiger partial charge on any atom is -0.476 e. The van der Waals surface area contributed by atoms with E-state index in [4.69, 9.17) is 5.11 Å². The number of aryl methyl sites for hydroxylation is 1. The highest BCUT2D eigenvalue weighted by molar-refractivity contribution is 7.14. The zero-order chi connectivity index (χ0) is 12.3. The Morgan fingerprint density at radius 3 is 3.12 bits per heavy atom. The molecule has 0 amide bonds. The number of nitrogens with one attached hydrogen (secondary N) is 1. The van der Waals surface area contributed by atoms with Crippen molar-refractivity contribution >= 4 is 22.3 Å². The third-order valence-electron chi connectivity index (χ3n) is 2.36. The molecule has 7 heteroatoms. The molecular formula is C10H12N4O2S. The van der Waals surface area contributed by atoms with E-state index >= 15 is 0 Å². The lowest BCUT2D eigenvalue weighted by atomic mass is 10.3. The number of carboxylic acid groups (broad SMARTS) is 1. The van der Waals surface area contributed by atoms with Gasteiger partial charge in [-0.1, -0.05) is 0 Å². The van der Waals surface area contributed by atoms with Crippen LogP contribution in [0.4, 0.5) is 5.00 Å². The summed E-state index contributed by atoms with van der Waals surface area (Å²) in [5.74, 6) is -1.01. The van der Waals surface area contributed by atoms with E-state index in [2.05, 4.69) is 15.4 Å². The Bertz CT molecular complexity index is 520. The third kappa shape index (κ3) is 2.62. The Hall–Kier alpha value is -1.89. The lowest BCUT2D eigenvalue weighted by Gasteiger charge is -2.04.